The summed E-state index contributed by atoms with van der Waals surface area (Å²) in [6, 6.07) is 10.4. The van der Waals surface area contributed by atoms with Crippen LogP contribution in [0.15, 0.2) is 42.7 Å². The van der Waals surface area contributed by atoms with E-state index in [-0.39, 0.29) is 12.0 Å². The lowest BCUT2D eigenvalue weighted by Crippen LogP contribution is -2.43. The van der Waals surface area contributed by atoms with Crippen molar-refractivity contribution in [3.63, 3.8) is 0 Å². The molecule has 4 rings (SSSR count). The van der Waals surface area contributed by atoms with Crippen LogP contribution in [-0.2, 0) is 6.42 Å². The lowest BCUT2D eigenvalue weighted by molar-refractivity contribution is 0.0777. The predicted molar refractivity (Wildman–Crippen MR) is 116 cm³/mol. The predicted octanol–water partition coefficient (Wildman–Crippen LogP) is 3.46. The van der Waals surface area contributed by atoms with E-state index in [4.69, 9.17) is 9.47 Å². The van der Waals surface area contributed by atoms with Gasteiger partial charge in [-0.1, -0.05) is 6.07 Å². The molecule has 0 bridgehead atoms. The fourth-order valence-corrected chi connectivity index (χ4v) is 4.01. The van der Waals surface area contributed by atoms with Gasteiger partial charge in [0.25, 0.3) is 5.91 Å². The minimum Gasteiger partial charge on any atom is -0.493 e. The van der Waals surface area contributed by atoms with Crippen molar-refractivity contribution in [3.8, 4) is 11.5 Å². The molecule has 1 saturated heterocycles. The molecule has 1 aliphatic heterocycles. The molecule has 1 aliphatic carbocycles. The van der Waals surface area contributed by atoms with Gasteiger partial charge in [0.05, 0.1) is 7.11 Å². The van der Waals surface area contributed by atoms with Crippen molar-refractivity contribution in [1.82, 2.24) is 15.2 Å². The van der Waals surface area contributed by atoms with E-state index in [1.807, 2.05) is 30.6 Å². The highest BCUT2D eigenvalue weighted by molar-refractivity contribution is 5.95. The maximum Gasteiger partial charge on any atom is 0.251 e. The molecule has 2 aromatic rings. The zero-order valence-corrected chi connectivity index (χ0v) is 17.8. The van der Waals surface area contributed by atoms with Crippen LogP contribution in [-0.4, -0.2) is 54.2 Å². The molecule has 1 aromatic heterocycles. The van der Waals surface area contributed by atoms with Gasteiger partial charge >= 0.3 is 0 Å². The average molecular weight is 410 g/mol. The van der Waals surface area contributed by atoms with Gasteiger partial charge in [-0.15, -0.1) is 0 Å². The molecule has 30 heavy (non-hydrogen) atoms. The molecule has 1 unspecified atom stereocenters. The largest absolute Gasteiger partial charge is 0.493 e. The van der Waals surface area contributed by atoms with E-state index >= 15 is 0 Å². The number of methoxy groups -OCH3 is 1. The monoisotopic (exact) mass is 409 g/mol. The van der Waals surface area contributed by atoms with Gasteiger partial charge in [-0.2, -0.15) is 0 Å². The van der Waals surface area contributed by atoms with Crippen LogP contribution < -0.4 is 14.8 Å². The Labute approximate surface area is 178 Å². The molecule has 2 heterocycles. The van der Waals surface area contributed by atoms with Gasteiger partial charge in [-0.3, -0.25) is 9.78 Å². The summed E-state index contributed by atoms with van der Waals surface area (Å²) in [6.45, 7) is 4.27. The van der Waals surface area contributed by atoms with Crippen LogP contribution in [0.1, 0.15) is 48.5 Å². The number of rotatable bonds is 8. The first-order valence-electron chi connectivity index (χ1n) is 10.9. The maximum absolute atomic E-state index is 12.4. The summed E-state index contributed by atoms with van der Waals surface area (Å²) in [5.41, 5.74) is 1.90. The van der Waals surface area contributed by atoms with Crippen molar-refractivity contribution in [2.75, 3.05) is 20.2 Å². The number of piperidine rings is 1. The van der Waals surface area contributed by atoms with E-state index in [0.717, 1.165) is 45.2 Å². The summed E-state index contributed by atoms with van der Waals surface area (Å²) >= 11 is 0. The first-order chi connectivity index (χ1) is 14.6. The molecule has 1 aromatic carbocycles. The SMILES string of the molecule is COc1ccc(C(=O)NC2CC2)cc1OC1CCN(C(C)Cc2cccnc2)CC1. The van der Waals surface area contributed by atoms with Gasteiger partial charge in [0, 0.05) is 43.1 Å². The number of nitrogens with one attached hydrogen (secondary N) is 1. The zero-order valence-electron chi connectivity index (χ0n) is 17.8. The van der Waals surface area contributed by atoms with Crippen LogP contribution in [0.3, 0.4) is 0 Å². The number of amides is 1. The number of carbonyl (C=O) groups excluding carboxylic acids is 1. The van der Waals surface area contributed by atoms with Crippen molar-refractivity contribution >= 4 is 5.91 Å². The lowest BCUT2D eigenvalue weighted by atomic mass is 10.0. The summed E-state index contributed by atoms with van der Waals surface area (Å²) in [5.74, 6) is 1.29. The standard InChI is InChI=1S/C24H31N3O3/c1-17(14-18-4-3-11-25-16-18)27-12-9-21(10-13-27)30-23-15-19(5-8-22(23)29-2)24(28)26-20-6-7-20/h3-5,8,11,15-17,20-21H,6-7,9-10,12-14H2,1-2H3,(H,26,28). The minimum atomic E-state index is -0.0379. The summed E-state index contributed by atoms with van der Waals surface area (Å²) in [7, 11) is 1.63. The van der Waals surface area contributed by atoms with Gasteiger partial charge in [0.2, 0.25) is 0 Å². The molecule has 6 heteroatoms. The van der Waals surface area contributed by atoms with E-state index in [9.17, 15) is 4.79 Å². The Morgan fingerprint density at radius 2 is 2.00 bits per heavy atom. The highest BCUT2D eigenvalue weighted by atomic mass is 16.5. The second kappa shape index (κ2) is 9.47. The van der Waals surface area contributed by atoms with Gasteiger partial charge in [-0.25, -0.2) is 0 Å². The molecular formula is C24H31N3O3. The number of carbonyl (C=O) groups is 1. The molecule has 0 spiro atoms. The zero-order chi connectivity index (χ0) is 20.9. The number of benzene rings is 1. The van der Waals surface area contributed by atoms with E-state index < -0.39 is 0 Å². The normalized spacial score (nSPS) is 18.6. The number of nitrogens with zero attached hydrogens (tertiary/aromatic N) is 2. The third-order valence-electron chi connectivity index (χ3n) is 5.99. The number of pyridine rings is 1. The molecule has 6 nitrogen and oxygen atoms in total. The fourth-order valence-electron chi connectivity index (χ4n) is 4.01. The van der Waals surface area contributed by atoms with E-state index in [1.165, 1.54) is 5.56 Å². The Balaban J connectivity index is 1.33. The number of ether oxygens (including phenoxy) is 2. The van der Waals surface area contributed by atoms with Gasteiger partial charge in [0.1, 0.15) is 6.10 Å². The van der Waals surface area contributed by atoms with Crippen LogP contribution >= 0.6 is 0 Å². The number of hydrogen-bond donors (Lipinski definition) is 1. The Bertz CT molecular complexity index is 846. The third kappa shape index (κ3) is 5.30. The number of likely N-dealkylation sites (tertiary alicyclic amines) is 1. The van der Waals surface area contributed by atoms with E-state index in [0.29, 0.717) is 29.1 Å². The second-order valence-electron chi connectivity index (χ2n) is 8.38. The lowest BCUT2D eigenvalue weighted by Gasteiger charge is -2.36. The van der Waals surface area contributed by atoms with Crippen LogP contribution in [0.2, 0.25) is 0 Å². The molecule has 2 fully saturated rings. The summed E-state index contributed by atoms with van der Waals surface area (Å²) in [4.78, 5) is 19.1. The second-order valence-corrected chi connectivity index (χ2v) is 8.38. The van der Waals surface area contributed by atoms with E-state index in [2.05, 4.69) is 28.2 Å². The Morgan fingerprint density at radius 3 is 2.67 bits per heavy atom. The Kier molecular flexibility index (Phi) is 6.53. The quantitative estimate of drug-likeness (QED) is 0.723. The molecule has 160 valence electrons. The van der Waals surface area contributed by atoms with Crippen LogP contribution in [0.5, 0.6) is 11.5 Å². The maximum atomic E-state index is 12.4. The number of hydrogen-bond acceptors (Lipinski definition) is 5. The molecule has 1 amide bonds. The summed E-state index contributed by atoms with van der Waals surface area (Å²) in [6.07, 6.45) is 8.96. The third-order valence-corrected chi connectivity index (χ3v) is 5.99. The van der Waals surface area contributed by atoms with Gasteiger partial charge in [0.15, 0.2) is 11.5 Å². The molecule has 1 N–H and O–H groups in total. The molecular weight excluding hydrogens is 378 g/mol. The Hall–Kier alpha value is -2.60. The van der Waals surface area contributed by atoms with Crippen LogP contribution in [0, 0.1) is 0 Å². The first kappa shape index (κ1) is 20.7. The summed E-state index contributed by atoms with van der Waals surface area (Å²) in [5, 5.41) is 3.03. The fraction of sp³-hybridized carbons (Fsp3) is 0.500. The van der Waals surface area contributed by atoms with Crippen LogP contribution in [0.25, 0.3) is 0 Å². The van der Waals surface area contributed by atoms with Gasteiger partial charge < -0.3 is 19.7 Å². The molecule has 1 atom stereocenters. The highest BCUT2D eigenvalue weighted by Crippen LogP contribution is 2.31. The highest BCUT2D eigenvalue weighted by Gasteiger charge is 2.26. The van der Waals surface area contributed by atoms with Crippen molar-refractivity contribution in [3.05, 3.63) is 53.9 Å². The van der Waals surface area contributed by atoms with Crippen molar-refractivity contribution < 1.29 is 14.3 Å². The van der Waals surface area contributed by atoms with Crippen molar-refractivity contribution in [2.24, 2.45) is 0 Å². The molecule has 2 aliphatic rings. The molecule has 1 saturated carbocycles. The average Bonchev–Trinajstić information content (AvgIpc) is 3.59. The number of aromatic nitrogens is 1. The van der Waals surface area contributed by atoms with E-state index in [1.54, 1.807) is 13.2 Å². The minimum absolute atomic E-state index is 0.0379. The van der Waals surface area contributed by atoms with Crippen LogP contribution in [0.4, 0.5) is 0 Å². The van der Waals surface area contributed by atoms with Crippen molar-refractivity contribution in [1.29, 1.82) is 0 Å². The summed E-state index contributed by atoms with van der Waals surface area (Å²) < 4.78 is 11.8. The topological polar surface area (TPSA) is 63.7 Å². The Morgan fingerprint density at radius 1 is 1.20 bits per heavy atom. The molecule has 0 radical (unpaired) electrons. The van der Waals surface area contributed by atoms with Gasteiger partial charge in [-0.05, 0) is 68.9 Å². The first-order valence-corrected chi connectivity index (χ1v) is 10.9. The smallest absolute Gasteiger partial charge is 0.251 e. The van der Waals surface area contributed by atoms with Crippen molar-refractivity contribution in [2.45, 2.75) is 57.2 Å².